The predicted octanol–water partition coefficient (Wildman–Crippen LogP) is 1.53. The fraction of sp³-hybridized carbons (Fsp3) is 0.706. The zero-order valence-corrected chi connectivity index (χ0v) is 14.9. The minimum atomic E-state index is 0.135. The van der Waals surface area contributed by atoms with Gasteiger partial charge in [0.1, 0.15) is 0 Å². The lowest BCUT2D eigenvalue weighted by atomic mass is 9.87. The van der Waals surface area contributed by atoms with Gasteiger partial charge in [0.05, 0.1) is 0 Å². The summed E-state index contributed by atoms with van der Waals surface area (Å²) in [5.41, 5.74) is 0.641. The smallest absolute Gasteiger partial charge is 0.226 e. The monoisotopic (exact) mass is 343 g/mol. The number of carbonyl (C=O) groups excluding carboxylic acids is 1. The van der Waals surface area contributed by atoms with Crippen molar-refractivity contribution in [3.63, 3.8) is 0 Å². The van der Waals surface area contributed by atoms with Crippen molar-refractivity contribution in [3.05, 3.63) is 12.1 Å². The fourth-order valence-electron chi connectivity index (χ4n) is 3.90. The van der Waals surface area contributed by atoms with Crippen LogP contribution >= 0.6 is 0 Å². The summed E-state index contributed by atoms with van der Waals surface area (Å²) < 4.78 is 1.45. The Hall–Kier alpha value is -2.25. The average molecular weight is 343 g/mol. The normalized spacial score (nSPS) is 19.4. The van der Waals surface area contributed by atoms with Crippen molar-refractivity contribution >= 4 is 17.4 Å². The van der Waals surface area contributed by atoms with Crippen LogP contribution in [0.5, 0.6) is 0 Å². The summed E-state index contributed by atoms with van der Waals surface area (Å²) in [6.07, 6.45) is 5.34. The molecular formula is C17H25N7O. The Balaban J connectivity index is 1.41. The largest absolute Gasteiger partial charge is 0.355 e. The molecule has 1 aliphatic heterocycles. The van der Waals surface area contributed by atoms with E-state index in [1.54, 1.807) is 0 Å². The highest BCUT2D eigenvalue weighted by atomic mass is 16.2. The molecule has 0 spiro atoms. The molecule has 2 fully saturated rings. The second-order valence-corrected chi connectivity index (χ2v) is 7.40. The van der Waals surface area contributed by atoms with E-state index in [0.717, 1.165) is 31.7 Å². The van der Waals surface area contributed by atoms with Gasteiger partial charge in [-0.3, -0.25) is 4.79 Å². The lowest BCUT2D eigenvalue weighted by Gasteiger charge is -2.43. The number of nitrogens with zero attached hydrogens (tertiary/aromatic N) is 7. The zero-order chi connectivity index (χ0) is 17.4. The quantitative estimate of drug-likeness (QED) is 0.837. The third kappa shape index (κ3) is 3.05. The highest BCUT2D eigenvalue weighted by Gasteiger charge is 2.35. The summed E-state index contributed by atoms with van der Waals surface area (Å²) in [4.78, 5) is 17.4. The molecule has 0 N–H and O–H groups in total. The van der Waals surface area contributed by atoms with Crippen LogP contribution in [0.4, 0.5) is 5.82 Å². The molecule has 0 bridgehead atoms. The van der Waals surface area contributed by atoms with Gasteiger partial charge in [0, 0.05) is 31.1 Å². The number of hydrogen-bond acceptors (Lipinski definition) is 6. The maximum absolute atomic E-state index is 13.0. The lowest BCUT2D eigenvalue weighted by molar-refractivity contribution is -0.142. The van der Waals surface area contributed by atoms with Gasteiger partial charge in [0.25, 0.3) is 0 Å². The first kappa shape index (κ1) is 16.2. The van der Waals surface area contributed by atoms with E-state index in [1.807, 2.05) is 12.1 Å². The molecular weight excluding hydrogens is 318 g/mol. The Kier molecular flexibility index (Phi) is 4.27. The molecule has 2 aromatic heterocycles. The van der Waals surface area contributed by atoms with Crippen molar-refractivity contribution in [2.75, 3.05) is 18.0 Å². The number of rotatable bonds is 4. The summed E-state index contributed by atoms with van der Waals surface area (Å²) in [5, 5.41) is 15.8. The summed E-state index contributed by atoms with van der Waals surface area (Å²) in [6.45, 7) is 5.95. The van der Waals surface area contributed by atoms with Gasteiger partial charge in [-0.05, 0) is 68.5 Å². The molecule has 4 rings (SSSR count). The molecule has 1 aliphatic carbocycles. The first-order chi connectivity index (χ1) is 12.1. The Labute approximate surface area is 147 Å². The molecule has 1 saturated carbocycles. The van der Waals surface area contributed by atoms with Crippen molar-refractivity contribution in [1.82, 2.24) is 30.2 Å². The van der Waals surface area contributed by atoms with Crippen molar-refractivity contribution in [3.8, 4) is 0 Å². The second-order valence-electron chi connectivity index (χ2n) is 7.40. The molecule has 134 valence electrons. The molecule has 0 aromatic carbocycles. The maximum atomic E-state index is 13.0. The van der Waals surface area contributed by atoms with E-state index in [0.29, 0.717) is 23.6 Å². The van der Waals surface area contributed by atoms with E-state index in [-0.39, 0.29) is 5.92 Å². The first-order valence-electron chi connectivity index (χ1n) is 9.26. The number of carbonyl (C=O) groups is 1. The summed E-state index contributed by atoms with van der Waals surface area (Å²) in [6, 6.07) is 4.58. The van der Waals surface area contributed by atoms with E-state index in [1.165, 1.54) is 23.9 Å². The van der Waals surface area contributed by atoms with Gasteiger partial charge in [0.15, 0.2) is 11.5 Å². The number of hydrogen-bond donors (Lipinski definition) is 0. The topological polar surface area (TPSA) is 79.5 Å². The third-order valence-corrected chi connectivity index (χ3v) is 5.50. The molecule has 0 atom stereocenters. The average Bonchev–Trinajstić information content (AvgIpc) is 3.05. The van der Waals surface area contributed by atoms with Gasteiger partial charge in [-0.25, -0.2) is 0 Å². The van der Waals surface area contributed by atoms with Crippen LogP contribution in [0.1, 0.15) is 46.0 Å². The minimum Gasteiger partial charge on any atom is -0.355 e. The van der Waals surface area contributed by atoms with Crippen molar-refractivity contribution in [2.24, 2.45) is 5.92 Å². The molecule has 2 aromatic rings. The number of piperidine rings is 1. The lowest BCUT2D eigenvalue weighted by Crippen LogP contribution is -2.52. The molecule has 2 aliphatic rings. The van der Waals surface area contributed by atoms with Crippen LogP contribution in [-0.4, -0.2) is 61.2 Å². The predicted molar refractivity (Wildman–Crippen MR) is 93.1 cm³/mol. The molecule has 0 radical (unpaired) electrons. The van der Waals surface area contributed by atoms with Gasteiger partial charge >= 0.3 is 0 Å². The summed E-state index contributed by atoms with van der Waals surface area (Å²) in [7, 11) is 0. The molecule has 8 heteroatoms. The minimum absolute atomic E-state index is 0.135. The molecule has 1 saturated heterocycles. The number of amides is 1. The molecule has 0 unspecified atom stereocenters. The number of aromatic nitrogens is 5. The summed E-state index contributed by atoms with van der Waals surface area (Å²) in [5.74, 6) is 1.35. The van der Waals surface area contributed by atoms with Gasteiger partial charge in [-0.1, -0.05) is 0 Å². The fourth-order valence-corrected chi connectivity index (χ4v) is 3.90. The first-order valence-corrected chi connectivity index (χ1v) is 9.26. The van der Waals surface area contributed by atoms with Crippen LogP contribution in [0.3, 0.4) is 0 Å². The third-order valence-electron chi connectivity index (χ3n) is 5.50. The number of fused-ring (bicyclic) bond motifs is 1. The van der Waals surface area contributed by atoms with E-state index in [4.69, 9.17) is 0 Å². The van der Waals surface area contributed by atoms with E-state index >= 15 is 0 Å². The Morgan fingerprint density at radius 2 is 1.96 bits per heavy atom. The van der Waals surface area contributed by atoms with Crippen LogP contribution in [0.15, 0.2) is 12.1 Å². The van der Waals surface area contributed by atoms with E-state index < -0.39 is 0 Å². The van der Waals surface area contributed by atoms with Crippen LogP contribution in [0.25, 0.3) is 5.65 Å². The molecule has 8 nitrogen and oxygen atoms in total. The van der Waals surface area contributed by atoms with Gasteiger partial charge in [0.2, 0.25) is 5.91 Å². The van der Waals surface area contributed by atoms with Crippen LogP contribution in [0.2, 0.25) is 0 Å². The maximum Gasteiger partial charge on any atom is 0.226 e. The SMILES string of the molecule is CC(C)N(C(=O)C1CCN(c2ccc3nnnn3n2)CC1)C1CCC1. The summed E-state index contributed by atoms with van der Waals surface area (Å²) >= 11 is 0. The van der Waals surface area contributed by atoms with Crippen molar-refractivity contribution in [2.45, 2.75) is 58.0 Å². The van der Waals surface area contributed by atoms with Gasteiger partial charge in [-0.2, -0.15) is 0 Å². The van der Waals surface area contributed by atoms with E-state index in [9.17, 15) is 4.79 Å². The van der Waals surface area contributed by atoms with Crippen LogP contribution in [-0.2, 0) is 4.79 Å². The van der Waals surface area contributed by atoms with Crippen molar-refractivity contribution in [1.29, 1.82) is 0 Å². The standard InChI is InChI=1S/C17H25N7O/c1-12(2)23(14-4-3-5-14)17(25)13-8-10-22(11-9-13)16-7-6-15-18-20-21-24(15)19-16/h6-7,12-14H,3-5,8-11H2,1-2H3. The second kappa shape index (κ2) is 6.57. The highest BCUT2D eigenvalue weighted by Crippen LogP contribution is 2.30. The molecule has 3 heterocycles. The van der Waals surface area contributed by atoms with E-state index in [2.05, 4.69) is 44.3 Å². The Bertz CT molecular complexity index is 746. The Morgan fingerprint density at radius 3 is 2.60 bits per heavy atom. The molecule has 1 amide bonds. The van der Waals surface area contributed by atoms with Gasteiger partial charge < -0.3 is 9.80 Å². The number of anilines is 1. The highest BCUT2D eigenvalue weighted by molar-refractivity contribution is 5.80. The zero-order valence-electron chi connectivity index (χ0n) is 14.9. The van der Waals surface area contributed by atoms with Crippen LogP contribution in [0, 0.1) is 5.92 Å². The Morgan fingerprint density at radius 1 is 1.20 bits per heavy atom. The van der Waals surface area contributed by atoms with Crippen molar-refractivity contribution < 1.29 is 4.79 Å². The molecule has 25 heavy (non-hydrogen) atoms. The number of tetrazole rings is 1. The van der Waals surface area contributed by atoms with Crippen LogP contribution < -0.4 is 4.90 Å². The van der Waals surface area contributed by atoms with Gasteiger partial charge in [-0.15, -0.1) is 14.8 Å².